The first-order chi connectivity index (χ1) is 9.81. The summed E-state index contributed by atoms with van der Waals surface area (Å²) in [5, 5.41) is 1.15. The highest BCUT2D eigenvalue weighted by Gasteiger charge is 2.19. The van der Waals surface area contributed by atoms with E-state index in [1.165, 1.54) is 5.56 Å². The highest BCUT2D eigenvalue weighted by molar-refractivity contribution is 6.01. The Morgan fingerprint density at radius 3 is 2.70 bits per heavy atom. The first-order valence-corrected chi connectivity index (χ1v) is 6.82. The zero-order valence-corrected chi connectivity index (χ0v) is 11.0. The number of carbonyl (C=O) groups excluding carboxylic acids is 1. The molecular weight excluding hydrogens is 246 g/mol. The van der Waals surface area contributed by atoms with E-state index in [4.69, 9.17) is 0 Å². The van der Waals surface area contributed by atoms with Crippen LogP contribution in [0.2, 0.25) is 0 Å². The van der Waals surface area contributed by atoms with Crippen LogP contribution in [0.15, 0.2) is 54.7 Å². The maximum atomic E-state index is 11.7. The molecule has 0 aliphatic heterocycles. The molecule has 1 aromatic heterocycles. The summed E-state index contributed by atoms with van der Waals surface area (Å²) in [6.07, 6.45) is 3.33. The van der Waals surface area contributed by atoms with Gasteiger partial charge in [0.25, 0.3) is 0 Å². The molecule has 0 spiro atoms. The number of carbonyl (C=O) groups is 1. The summed E-state index contributed by atoms with van der Waals surface area (Å²) in [5.41, 5.74) is 5.38. The first-order valence-electron chi connectivity index (χ1n) is 6.82. The van der Waals surface area contributed by atoms with Crippen LogP contribution in [0.3, 0.4) is 0 Å². The molecule has 0 saturated carbocycles. The van der Waals surface area contributed by atoms with Gasteiger partial charge in [-0.15, -0.1) is 0 Å². The Balaban J connectivity index is 1.85. The number of aromatic nitrogens is 1. The van der Waals surface area contributed by atoms with Crippen LogP contribution in [-0.4, -0.2) is 10.8 Å². The Hall–Kier alpha value is -2.48. The number of hydrogen-bond donors (Lipinski definition) is 0. The van der Waals surface area contributed by atoms with Crippen molar-refractivity contribution in [2.75, 3.05) is 0 Å². The van der Waals surface area contributed by atoms with Crippen molar-refractivity contribution in [2.24, 2.45) is 0 Å². The number of nitrogens with zero attached hydrogens (tertiary/aromatic N) is 1. The molecule has 1 heterocycles. The van der Waals surface area contributed by atoms with Crippen molar-refractivity contribution in [1.29, 1.82) is 0 Å². The van der Waals surface area contributed by atoms with Gasteiger partial charge in [0.1, 0.15) is 0 Å². The summed E-state index contributed by atoms with van der Waals surface area (Å²) < 4.78 is 0. The Bertz CT molecular complexity index is 836. The quantitative estimate of drug-likeness (QED) is 0.660. The minimum absolute atomic E-state index is 0.270. The maximum Gasteiger partial charge on any atom is 0.163 e. The van der Waals surface area contributed by atoms with Crippen molar-refractivity contribution in [1.82, 2.24) is 4.98 Å². The van der Waals surface area contributed by atoms with Crippen LogP contribution in [-0.2, 0) is 6.42 Å². The number of ketones is 1. The molecule has 0 radical (unpaired) electrons. The summed E-state index contributed by atoms with van der Waals surface area (Å²) in [4.78, 5) is 16.1. The van der Waals surface area contributed by atoms with Crippen LogP contribution in [0, 0.1) is 0 Å². The fourth-order valence-corrected chi connectivity index (χ4v) is 2.88. The summed E-state index contributed by atoms with van der Waals surface area (Å²) in [6.45, 7) is 0. The third-order valence-electron chi connectivity index (χ3n) is 3.97. The minimum Gasteiger partial charge on any atom is -0.294 e. The second-order valence-electron chi connectivity index (χ2n) is 5.21. The zero-order valence-electron chi connectivity index (χ0n) is 11.0. The van der Waals surface area contributed by atoms with Crippen molar-refractivity contribution in [3.8, 4) is 11.1 Å². The summed E-state index contributed by atoms with van der Waals surface area (Å²) in [5.74, 6) is 0.270. The minimum atomic E-state index is 0.270. The number of fused-ring (bicyclic) bond motifs is 2. The molecule has 2 nitrogen and oxygen atoms in total. The largest absolute Gasteiger partial charge is 0.294 e. The Morgan fingerprint density at radius 1 is 0.900 bits per heavy atom. The fourth-order valence-electron chi connectivity index (χ4n) is 2.88. The van der Waals surface area contributed by atoms with Gasteiger partial charge >= 0.3 is 0 Å². The SMILES string of the molecule is O=C1CCc2cc(-c3ccc4cccnc4c3)ccc21. The van der Waals surface area contributed by atoms with Crippen molar-refractivity contribution in [3.63, 3.8) is 0 Å². The second-order valence-corrected chi connectivity index (χ2v) is 5.21. The predicted octanol–water partition coefficient (Wildman–Crippen LogP) is 4.03. The highest BCUT2D eigenvalue weighted by atomic mass is 16.1. The van der Waals surface area contributed by atoms with Crippen LogP contribution < -0.4 is 0 Å². The van der Waals surface area contributed by atoms with E-state index in [0.717, 1.165) is 34.0 Å². The van der Waals surface area contributed by atoms with Gasteiger partial charge in [0, 0.05) is 23.6 Å². The van der Waals surface area contributed by atoms with Gasteiger partial charge in [0.15, 0.2) is 5.78 Å². The molecule has 0 atom stereocenters. The number of aryl methyl sites for hydroxylation is 1. The molecule has 96 valence electrons. The second kappa shape index (κ2) is 4.27. The molecule has 0 bridgehead atoms. The van der Waals surface area contributed by atoms with Crippen molar-refractivity contribution >= 4 is 16.7 Å². The fraction of sp³-hybridized carbons (Fsp3) is 0.111. The number of Topliss-reactive ketones (excluding diaryl/α,β-unsaturated/α-hetero) is 1. The van der Waals surface area contributed by atoms with E-state index in [1.54, 1.807) is 0 Å². The lowest BCUT2D eigenvalue weighted by molar-refractivity contribution is 0.0994. The number of hydrogen-bond acceptors (Lipinski definition) is 2. The molecule has 2 aromatic carbocycles. The van der Waals surface area contributed by atoms with Gasteiger partial charge in [-0.05, 0) is 35.2 Å². The van der Waals surface area contributed by atoms with Crippen molar-refractivity contribution < 1.29 is 4.79 Å². The van der Waals surface area contributed by atoms with Crippen LogP contribution in [0.25, 0.3) is 22.0 Å². The first kappa shape index (κ1) is 11.4. The molecule has 0 amide bonds. The zero-order chi connectivity index (χ0) is 13.5. The van der Waals surface area contributed by atoms with Gasteiger partial charge in [0.05, 0.1) is 5.52 Å². The van der Waals surface area contributed by atoms with Crippen LogP contribution in [0.1, 0.15) is 22.3 Å². The molecule has 0 fully saturated rings. The van der Waals surface area contributed by atoms with E-state index in [2.05, 4.69) is 35.3 Å². The standard InChI is InChI=1S/C18H13NO/c20-18-8-6-15-10-13(5-7-16(15)18)14-4-3-12-2-1-9-19-17(12)11-14/h1-5,7,9-11H,6,8H2. The normalized spacial score (nSPS) is 13.7. The molecule has 2 heteroatoms. The highest BCUT2D eigenvalue weighted by Crippen LogP contribution is 2.29. The molecule has 4 rings (SSSR count). The van der Waals surface area contributed by atoms with Crippen LogP contribution in [0.4, 0.5) is 0 Å². The van der Waals surface area contributed by atoms with E-state index in [9.17, 15) is 4.79 Å². The van der Waals surface area contributed by atoms with Gasteiger partial charge in [-0.25, -0.2) is 0 Å². The summed E-state index contributed by atoms with van der Waals surface area (Å²) >= 11 is 0. The van der Waals surface area contributed by atoms with Crippen LogP contribution in [0.5, 0.6) is 0 Å². The summed E-state index contributed by atoms with van der Waals surface area (Å²) in [6, 6.07) is 16.5. The molecule has 0 N–H and O–H groups in total. The summed E-state index contributed by atoms with van der Waals surface area (Å²) in [7, 11) is 0. The van der Waals surface area contributed by atoms with Gasteiger partial charge in [-0.1, -0.05) is 36.4 Å². The van der Waals surface area contributed by atoms with E-state index in [-0.39, 0.29) is 5.78 Å². The van der Waals surface area contributed by atoms with E-state index >= 15 is 0 Å². The topological polar surface area (TPSA) is 30.0 Å². The lowest BCUT2D eigenvalue weighted by Gasteiger charge is -2.06. The smallest absolute Gasteiger partial charge is 0.163 e. The number of benzene rings is 2. The van der Waals surface area contributed by atoms with Crippen molar-refractivity contribution in [2.45, 2.75) is 12.8 Å². The molecule has 1 aliphatic rings. The van der Waals surface area contributed by atoms with Crippen LogP contribution >= 0.6 is 0 Å². The average Bonchev–Trinajstić information content (AvgIpc) is 2.88. The van der Waals surface area contributed by atoms with Gasteiger partial charge < -0.3 is 0 Å². The van der Waals surface area contributed by atoms with Gasteiger partial charge in [-0.2, -0.15) is 0 Å². The Kier molecular flexibility index (Phi) is 2.43. The monoisotopic (exact) mass is 259 g/mol. The molecule has 0 saturated heterocycles. The maximum absolute atomic E-state index is 11.7. The Morgan fingerprint density at radius 2 is 1.75 bits per heavy atom. The average molecular weight is 259 g/mol. The third-order valence-corrected chi connectivity index (χ3v) is 3.97. The lowest BCUT2D eigenvalue weighted by Crippen LogP contribution is -1.91. The number of pyridine rings is 1. The van der Waals surface area contributed by atoms with Gasteiger partial charge in [0.2, 0.25) is 0 Å². The third kappa shape index (κ3) is 1.73. The van der Waals surface area contributed by atoms with E-state index < -0.39 is 0 Å². The van der Waals surface area contributed by atoms with E-state index in [0.29, 0.717) is 6.42 Å². The van der Waals surface area contributed by atoms with E-state index in [1.807, 2.05) is 24.4 Å². The Labute approximate surface area is 117 Å². The molecule has 3 aromatic rings. The predicted molar refractivity (Wildman–Crippen MR) is 79.8 cm³/mol. The molecule has 1 aliphatic carbocycles. The molecule has 0 unspecified atom stereocenters. The lowest BCUT2D eigenvalue weighted by atomic mass is 9.99. The number of rotatable bonds is 1. The molecular formula is C18H13NO. The van der Waals surface area contributed by atoms with Gasteiger partial charge in [-0.3, -0.25) is 9.78 Å². The molecule has 20 heavy (non-hydrogen) atoms. The van der Waals surface area contributed by atoms with Crippen molar-refractivity contribution in [3.05, 3.63) is 65.9 Å².